The monoisotopic (exact) mass is 618 g/mol. The first-order valence-electron chi connectivity index (χ1n) is 15.0. The van der Waals surface area contributed by atoms with Gasteiger partial charge in [-0.1, -0.05) is 50.2 Å². The molecule has 0 bridgehead atoms. The molecule has 0 aliphatic carbocycles. The largest absolute Gasteiger partial charge is 0.493 e. The second-order valence-electron chi connectivity index (χ2n) is 12.8. The minimum Gasteiger partial charge on any atom is -0.493 e. The van der Waals surface area contributed by atoms with Gasteiger partial charge in [0.05, 0.1) is 20.0 Å². The fraction of sp³-hybridized carbons (Fsp3) is 0.606. The molecule has 1 amide bonds. The number of rotatable bonds is 14. The van der Waals surface area contributed by atoms with Crippen molar-refractivity contribution in [3.8, 4) is 11.5 Å². The molecule has 9 nitrogen and oxygen atoms in total. The van der Waals surface area contributed by atoms with E-state index in [1.807, 2.05) is 63.2 Å². The summed E-state index contributed by atoms with van der Waals surface area (Å²) in [6.07, 6.45) is 2.20. The third-order valence-corrected chi connectivity index (χ3v) is 8.46. The van der Waals surface area contributed by atoms with Gasteiger partial charge in [-0.15, -0.1) is 0 Å². The number of carbonyl (C=O) groups excluding carboxylic acids is 1. The number of sulfonamides is 1. The number of likely N-dealkylation sites (tertiary alicyclic amines) is 1. The van der Waals surface area contributed by atoms with Crippen LogP contribution in [-0.2, 0) is 25.9 Å². The van der Waals surface area contributed by atoms with Crippen LogP contribution in [0.3, 0.4) is 0 Å². The van der Waals surface area contributed by atoms with Crippen molar-refractivity contribution < 1.29 is 32.2 Å². The van der Waals surface area contributed by atoms with E-state index in [9.17, 15) is 13.2 Å². The zero-order valence-corrected chi connectivity index (χ0v) is 27.8. The van der Waals surface area contributed by atoms with E-state index in [1.54, 1.807) is 19.1 Å². The summed E-state index contributed by atoms with van der Waals surface area (Å²) in [6, 6.07) is 15.9. The number of hydrogen-bond donors (Lipinski definition) is 1. The Morgan fingerprint density at radius 1 is 1.05 bits per heavy atom. The van der Waals surface area contributed by atoms with Crippen LogP contribution >= 0.6 is 0 Å². The molecule has 0 saturated carbocycles. The normalized spacial score (nSPS) is 19.8. The Bertz CT molecular complexity index is 1280. The molecular formula is C33H50N2O7S. The Kier molecular flexibility index (Phi) is 12.3. The Morgan fingerprint density at radius 2 is 1.74 bits per heavy atom. The summed E-state index contributed by atoms with van der Waals surface area (Å²) >= 11 is 0. The van der Waals surface area contributed by atoms with Crippen molar-refractivity contribution >= 4 is 16.1 Å². The van der Waals surface area contributed by atoms with Crippen molar-refractivity contribution in [3.63, 3.8) is 0 Å². The number of amides is 1. The first kappa shape index (κ1) is 34.7. The van der Waals surface area contributed by atoms with Crippen LogP contribution in [0.15, 0.2) is 48.5 Å². The van der Waals surface area contributed by atoms with Gasteiger partial charge in [0.2, 0.25) is 10.0 Å². The molecule has 0 spiro atoms. The maximum Gasteiger partial charge on any atom is 0.411 e. The van der Waals surface area contributed by atoms with Crippen molar-refractivity contribution in [1.29, 1.82) is 0 Å². The second kappa shape index (κ2) is 15.3. The highest BCUT2D eigenvalue weighted by Crippen LogP contribution is 2.43. The van der Waals surface area contributed by atoms with Gasteiger partial charge in [-0.25, -0.2) is 13.2 Å². The third kappa shape index (κ3) is 10.4. The van der Waals surface area contributed by atoms with E-state index in [4.69, 9.17) is 18.9 Å². The van der Waals surface area contributed by atoms with Gasteiger partial charge in [-0.05, 0) is 74.6 Å². The van der Waals surface area contributed by atoms with Gasteiger partial charge in [-0.3, -0.25) is 4.90 Å². The zero-order chi connectivity index (χ0) is 31.8. The molecule has 4 atom stereocenters. The molecule has 240 valence electrons. The van der Waals surface area contributed by atoms with Crippen LogP contribution in [0.5, 0.6) is 11.5 Å². The number of benzene rings is 2. The van der Waals surface area contributed by atoms with Gasteiger partial charge in [0, 0.05) is 32.6 Å². The Hall–Kier alpha value is -2.82. The van der Waals surface area contributed by atoms with Crippen molar-refractivity contribution in [2.45, 2.75) is 71.6 Å². The summed E-state index contributed by atoms with van der Waals surface area (Å²) in [7, 11) is -0.325. The number of nitrogens with zero attached hydrogens (tertiary/aromatic N) is 1. The number of methoxy groups -OCH3 is 2. The summed E-state index contributed by atoms with van der Waals surface area (Å²) in [4.78, 5) is 15.0. The molecule has 1 fully saturated rings. The summed E-state index contributed by atoms with van der Waals surface area (Å²) in [5, 5.41) is 0. The lowest BCUT2D eigenvalue weighted by Gasteiger charge is -2.31. The van der Waals surface area contributed by atoms with Crippen molar-refractivity contribution in [1.82, 2.24) is 9.62 Å². The standard InChI is InChI=1S/C33H50N2O7S/c1-23(2)26(19-24-15-16-28(40-7)29(20-24)41-18-12-17-39-6)21-27-22-35(32(36)42-33(3,4)5)31(34-43(8,37)38)30(27)25-13-10-9-11-14-25/h9-11,13-16,20,23,26-27,30-31,34H,12,17-19,21-22H2,1-8H3/t26?,27-,30+,31?/m0/s1. The summed E-state index contributed by atoms with van der Waals surface area (Å²) in [6.45, 7) is 11.4. The molecule has 1 N–H and O–H groups in total. The third-order valence-electron chi connectivity index (χ3n) is 7.79. The lowest BCUT2D eigenvalue weighted by molar-refractivity contribution is 0.0207. The number of carbonyl (C=O) groups is 1. The molecule has 2 unspecified atom stereocenters. The minimum atomic E-state index is -3.63. The molecule has 43 heavy (non-hydrogen) atoms. The average molecular weight is 619 g/mol. The Balaban J connectivity index is 1.94. The minimum absolute atomic E-state index is 0.00965. The van der Waals surface area contributed by atoms with Gasteiger partial charge in [-0.2, -0.15) is 4.72 Å². The highest BCUT2D eigenvalue weighted by molar-refractivity contribution is 7.88. The second-order valence-corrected chi connectivity index (χ2v) is 14.6. The van der Waals surface area contributed by atoms with Crippen LogP contribution in [0, 0.1) is 17.8 Å². The topological polar surface area (TPSA) is 103 Å². The lowest BCUT2D eigenvalue weighted by Crippen LogP contribution is -2.50. The van der Waals surface area contributed by atoms with Crippen molar-refractivity contribution in [2.24, 2.45) is 17.8 Å². The summed E-state index contributed by atoms with van der Waals surface area (Å²) in [5.41, 5.74) is 1.40. The van der Waals surface area contributed by atoms with E-state index in [2.05, 4.69) is 24.6 Å². The van der Waals surface area contributed by atoms with Crippen molar-refractivity contribution in [2.75, 3.05) is 40.2 Å². The predicted octanol–water partition coefficient (Wildman–Crippen LogP) is 5.84. The predicted molar refractivity (Wildman–Crippen MR) is 169 cm³/mol. The summed E-state index contributed by atoms with van der Waals surface area (Å²) in [5.74, 6) is 1.72. The molecule has 1 saturated heterocycles. The van der Waals surface area contributed by atoms with Gasteiger partial charge < -0.3 is 18.9 Å². The average Bonchev–Trinajstić information content (AvgIpc) is 3.26. The van der Waals surface area contributed by atoms with Crippen LogP contribution in [0.1, 0.15) is 64.5 Å². The quantitative estimate of drug-likeness (QED) is 0.265. The first-order chi connectivity index (χ1) is 20.2. The van der Waals surface area contributed by atoms with E-state index in [1.165, 1.54) is 0 Å². The number of ether oxygens (including phenoxy) is 4. The number of nitrogens with one attached hydrogen (secondary N) is 1. The van der Waals surface area contributed by atoms with Gasteiger partial charge in [0.25, 0.3) is 0 Å². The molecular weight excluding hydrogens is 568 g/mol. The summed E-state index contributed by atoms with van der Waals surface area (Å²) < 4.78 is 50.4. The zero-order valence-electron chi connectivity index (χ0n) is 27.0. The maximum atomic E-state index is 13.5. The van der Waals surface area contributed by atoms with Gasteiger partial charge in [0.1, 0.15) is 11.8 Å². The molecule has 1 aliphatic heterocycles. The SMILES string of the molecule is COCCCOc1cc(CC(C[C@H]2CN(C(=O)OC(C)(C)C)C(NS(C)(=O)=O)[C@@H]2c2ccccc2)C(C)C)ccc1OC. The van der Waals surface area contributed by atoms with Gasteiger partial charge in [0.15, 0.2) is 11.5 Å². The van der Waals surface area contributed by atoms with Crippen LogP contribution in [0.4, 0.5) is 4.79 Å². The van der Waals surface area contributed by atoms with E-state index in [0.717, 1.165) is 36.6 Å². The van der Waals surface area contributed by atoms with Crippen LogP contribution in [0.25, 0.3) is 0 Å². The highest BCUT2D eigenvalue weighted by Gasteiger charge is 2.47. The molecule has 0 radical (unpaired) electrons. The molecule has 2 aromatic rings. The maximum absolute atomic E-state index is 13.5. The first-order valence-corrected chi connectivity index (χ1v) is 16.9. The molecule has 2 aromatic carbocycles. The molecule has 3 rings (SSSR count). The Labute approximate surface area is 258 Å². The fourth-order valence-electron chi connectivity index (χ4n) is 5.78. The van der Waals surface area contributed by atoms with Gasteiger partial charge >= 0.3 is 6.09 Å². The molecule has 1 heterocycles. The number of hydrogen-bond acceptors (Lipinski definition) is 7. The van der Waals surface area contributed by atoms with Crippen LogP contribution in [0.2, 0.25) is 0 Å². The van der Waals surface area contributed by atoms with Crippen LogP contribution in [-0.4, -0.2) is 71.4 Å². The molecule has 0 aromatic heterocycles. The lowest BCUT2D eigenvalue weighted by atomic mass is 9.76. The highest BCUT2D eigenvalue weighted by atomic mass is 32.2. The van der Waals surface area contributed by atoms with Crippen LogP contribution < -0.4 is 14.2 Å². The van der Waals surface area contributed by atoms with E-state index in [0.29, 0.717) is 37.2 Å². The molecule has 10 heteroatoms. The van der Waals surface area contributed by atoms with Crippen molar-refractivity contribution in [3.05, 3.63) is 59.7 Å². The Morgan fingerprint density at radius 3 is 2.33 bits per heavy atom. The van der Waals surface area contributed by atoms with E-state index in [-0.39, 0.29) is 17.8 Å². The smallest absolute Gasteiger partial charge is 0.411 e. The molecule has 1 aliphatic rings. The van der Waals surface area contributed by atoms with E-state index < -0.39 is 27.9 Å². The fourth-order valence-corrected chi connectivity index (χ4v) is 6.49. The van der Waals surface area contributed by atoms with E-state index >= 15 is 0 Å².